The monoisotopic (exact) mass is 430 g/mol. The lowest BCUT2D eigenvalue weighted by Gasteiger charge is -2.33. The van der Waals surface area contributed by atoms with Gasteiger partial charge in [0.15, 0.2) is 5.82 Å². The van der Waals surface area contributed by atoms with Crippen LogP contribution in [0.25, 0.3) is 11.4 Å². The van der Waals surface area contributed by atoms with Crippen molar-refractivity contribution in [3.05, 3.63) is 64.6 Å². The zero-order valence-corrected chi connectivity index (χ0v) is 17.8. The lowest BCUT2D eigenvalue weighted by Crippen LogP contribution is -2.44. The van der Waals surface area contributed by atoms with E-state index in [4.69, 9.17) is 33.2 Å². The normalized spacial score (nSPS) is 15.0. The molecular weight excluding hydrogens is 411 g/mol. The number of aromatic nitrogens is 2. The summed E-state index contributed by atoms with van der Waals surface area (Å²) in [6, 6.07) is 17.5. The first-order valence-corrected chi connectivity index (χ1v) is 10.7. The van der Waals surface area contributed by atoms with Gasteiger partial charge in [-0.3, -0.25) is 0 Å². The summed E-state index contributed by atoms with van der Waals surface area (Å²) >= 11 is 13.7. The van der Waals surface area contributed by atoms with Crippen molar-refractivity contribution in [3.8, 4) is 11.4 Å². The van der Waals surface area contributed by atoms with Gasteiger partial charge in [0.1, 0.15) is 10.8 Å². The van der Waals surface area contributed by atoms with Crippen LogP contribution >= 0.6 is 35.0 Å². The van der Waals surface area contributed by atoms with E-state index < -0.39 is 0 Å². The highest BCUT2D eigenvalue weighted by Gasteiger charge is 2.18. The summed E-state index contributed by atoms with van der Waals surface area (Å²) < 4.78 is 0. The van der Waals surface area contributed by atoms with Crippen molar-refractivity contribution < 1.29 is 0 Å². The van der Waals surface area contributed by atoms with Gasteiger partial charge in [0.25, 0.3) is 0 Å². The zero-order chi connectivity index (χ0) is 19.5. The van der Waals surface area contributed by atoms with Crippen LogP contribution in [-0.2, 0) is 0 Å². The van der Waals surface area contributed by atoms with E-state index in [1.165, 1.54) is 0 Å². The van der Waals surface area contributed by atoms with Gasteiger partial charge < -0.3 is 9.80 Å². The maximum absolute atomic E-state index is 6.05. The number of hydrogen-bond acceptors (Lipinski definition) is 5. The second-order valence-electron chi connectivity index (χ2n) is 6.74. The average molecular weight is 431 g/mol. The summed E-state index contributed by atoms with van der Waals surface area (Å²) in [6.07, 6.45) is 0. The highest BCUT2D eigenvalue weighted by Crippen LogP contribution is 2.31. The SMILES string of the molecule is CN1CCN(c2cc(Sc3ccc(Cl)cc3)nc(-c3ccc(Cl)cc3)n2)CC1. The molecule has 4 nitrogen and oxygen atoms in total. The van der Waals surface area contributed by atoms with Gasteiger partial charge in [0, 0.05) is 52.7 Å². The van der Waals surface area contributed by atoms with Gasteiger partial charge in [-0.2, -0.15) is 0 Å². The number of nitrogens with zero attached hydrogens (tertiary/aromatic N) is 4. The maximum atomic E-state index is 6.05. The van der Waals surface area contributed by atoms with Crippen LogP contribution in [0, 0.1) is 0 Å². The van der Waals surface area contributed by atoms with Gasteiger partial charge in [0.05, 0.1) is 0 Å². The molecule has 0 spiro atoms. The summed E-state index contributed by atoms with van der Waals surface area (Å²) in [4.78, 5) is 15.4. The van der Waals surface area contributed by atoms with Crippen molar-refractivity contribution in [2.24, 2.45) is 0 Å². The predicted molar refractivity (Wildman–Crippen MR) is 118 cm³/mol. The molecule has 28 heavy (non-hydrogen) atoms. The molecule has 7 heteroatoms. The molecule has 2 heterocycles. The van der Waals surface area contributed by atoms with Crippen LogP contribution in [0.4, 0.5) is 5.82 Å². The Kier molecular flexibility index (Phi) is 6.07. The molecule has 4 rings (SSSR count). The fraction of sp³-hybridized carbons (Fsp3) is 0.238. The Morgan fingerprint density at radius 3 is 2.07 bits per heavy atom. The maximum Gasteiger partial charge on any atom is 0.162 e. The largest absolute Gasteiger partial charge is 0.354 e. The van der Waals surface area contributed by atoms with Crippen molar-refractivity contribution >= 4 is 40.8 Å². The van der Waals surface area contributed by atoms with Crippen molar-refractivity contribution in [1.82, 2.24) is 14.9 Å². The molecule has 0 amide bonds. The van der Waals surface area contributed by atoms with Crippen molar-refractivity contribution in [1.29, 1.82) is 0 Å². The van der Waals surface area contributed by atoms with Crippen molar-refractivity contribution in [3.63, 3.8) is 0 Å². The third-order valence-corrected chi connectivity index (χ3v) is 6.08. The topological polar surface area (TPSA) is 32.3 Å². The van der Waals surface area contributed by atoms with Crippen molar-refractivity contribution in [2.45, 2.75) is 9.92 Å². The van der Waals surface area contributed by atoms with Gasteiger partial charge in [-0.05, 0) is 55.6 Å². The van der Waals surface area contributed by atoms with Crippen LogP contribution in [0.2, 0.25) is 10.0 Å². The molecule has 0 unspecified atom stereocenters. The smallest absolute Gasteiger partial charge is 0.162 e. The van der Waals surface area contributed by atoms with E-state index >= 15 is 0 Å². The zero-order valence-electron chi connectivity index (χ0n) is 15.5. The quantitative estimate of drug-likeness (QED) is 0.520. The summed E-state index contributed by atoms with van der Waals surface area (Å²) in [5.41, 5.74) is 0.957. The van der Waals surface area contributed by atoms with Gasteiger partial charge in [-0.25, -0.2) is 9.97 Å². The fourth-order valence-corrected chi connectivity index (χ4v) is 4.08. The minimum Gasteiger partial charge on any atom is -0.354 e. The average Bonchev–Trinajstić information content (AvgIpc) is 2.71. The van der Waals surface area contributed by atoms with Crippen LogP contribution in [0.3, 0.4) is 0 Å². The van der Waals surface area contributed by atoms with Crippen LogP contribution in [0.5, 0.6) is 0 Å². The molecule has 1 aromatic heterocycles. The minimum absolute atomic E-state index is 0.703. The molecule has 144 valence electrons. The number of halogens is 2. The van der Waals surface area contributed by atoms with E-state index in [1.807, 2.05) is 48.5 Å². The molecule has 0 bridgehead atoms. The second kappa shape index (κ2) is 8.70. The van der Waals surface area contributed by atoms with E-state index in [1.54, 1.807) is 11.8 Å². The number of piperazine rings is 1. The second-order valence-corrected chi connectivity index (χ2v) is 8.71. The molecule has 3 aromatic rings. The minimum atomic E-state index is 0.703. The standard InChI is InChI=1S/C21H20Cl2N4S/c1-26-10-12-27(13-11-26)19-14-20(28-18-8-6-17(23)7-9-18)25-21(24-19)15-2-4-16(22)5-3-15/h2-9,14H,10-13H2,1H3. The number of hydrogen-bond donors (Lipinski definition) is 0. The Bertz CT molecular complexity index is 940. The van der Waals surface area contributed by atoms with Gasteiger partial charge in [-0.1, -0.05) is 35.0 Å². The van der Waals surface area contributed by atoms with Crippen LogP contribution in [0.15, 0.2) is 64.5 Å². The molecule has 0 N–H and O–H groups in total. The van der Waals surface area contributed by atoms with Gasteiger partial charge >= 0.3 is 0 Å². The molecular formula is C21H20Cl2N4S. The van der Waals surface area contributed by atoms with E-state index in [0.29, 0.717) is 10.8 Å². The number of anilines is 1. The molecule has 0 radical (unpaired) electrons. The van der Waals surface area contributed by atoms with E-state index in [9.17, 15) is 0 Å². The lowest BCUT2D eigenvalue weighted by molar-refractivity contribution is 0.312. The molecule has 0 aliphatic carbocycles. The Morgan fingerprint density at radius 2 is 1.43 bits per heavy atom. The van der Waals surface area contributed by atoms with Crippen LogP contribution < -0.4 is 4.90 Å². The third-order valence-electron chi connectivity index (χ3n) is 4.65. The summed E-state index contributed by atoms with van der Waals surface area (Å²) in [7, 11) is 2.15. The van der Waals surface area contributed by atoms with Gasteiger partial charge in [0.2, 0.25) is 0 Å². The molecule has 0 atom stereocenters. The van der Waals surface area contributed by atoms with E-state index in [2.05, 4.69) is 22.9 Å². The Balaban J connectivity index is 1.69. The van der Waals surface area contributed by atoms with Crippen molar-refractivity contribution in [2.75, 3.05) is 38.1 Å². The molecule has 0 saturated carbocycles. The first-order chi connectivity index (χ1) is 13.6. The van der Waals surface area contributed by atoms with Gasteiger partial charge in [-0.15, -0.1) is 0 Å². The Hall–Kier alpha value is -1.79. The third kappa shape index (κ3) is 4.78. The summed E-state index contributed by atoms with van der Waals surface area (Å²) in [5, 5.41) is 2.35. The molecule has 1 fully saturated rings. The molecule has 1 saturated heterocycles. The first-order valence-electron chi connectivity index (χ1n) is 9.09. The molecule has 2 aromatic carbocycles. The highest BCUT2D eigenvalue weighted by atomic mass is 35.5. The first kappa shape index (κ1) is 19.5. The van der Waals surface area contributed by atoms with E-state index in [-0.39, 0.29) is 0 Å². The molecule has 1 aliphatic heterocycles. The van der Waals surface area contributed by atoms with E-state index in [0.717, 1.165) is 52.5 Å². The fourth-order valence-electron chi connectivity index (χ4n) is 3.01. The Morgan fingerprint density at radius 1 is 0.821 bits per heavy atom. The molecule has 1 aliphatic rings. The summed E-state index contributed by atoms with van der Waals surface area (Å²) in [5.74, 6) is 1.68. The summed E-state index contributed by atoms with van der Waals surface area (Å²) in [6.45, 7) is 3.97. The Labute approximate surface area is 179 Å². The number of rotatable bonds is 4. The highest BCUT2D eigenvalue weighted by molar-refractivity contribution is 7.99. The van der Waals surface area contributed by atoms with Crippen LogP contribution in [-0.4, -0.2) is 48.1 Å². The predicted octanol–water partition coefficient (Wildman–Crippen LogP) is 5.35. The lowest BCUT2D eigenvalue weighted by atomic mass is 10.2. The number of benzene rings is 2. The number of likely N-dealkylation sites (N-methyl/N-ethyl adjacent to an activating group) is 1. The van der Waals surface area contributed by atoms with Crippen LogP contribution in [0.1, 0.15) is 0 Å².